The van der Waals surface area contributed by atoms with Gasteiger partial charge in [0, 0.05) is 0 Å². The van der Waals surface area contributed by atoms with Crippen LogP contribution in [0.3, 0.4) is 0 Å². The van der Waals surface area contributed by atoms with Crippen molar-refractivity contribution in [1.82, 2.24) is 4.72 Å². The minimum atomic E-state index is -3.70. The number of sulfonamides is 1. The van der Waals surface area contributed by atoms with E-state index in [-0.39, 0.29) is 10.8 Å². The highest BCUT2D eigenvalue weighted by Gasteiger charge is 2.22. The van der Waals surface area contributed by atoms with Crippen LogP contribution in [0.1, 0.15) is 12.5 Å². The lowest BCUT2D eigenvalue weighted by Crippen LogP contribution is -2.39. The monoisotopic (exact) mass is 303 g/mol. The van der Waals surface area contributed by atoms with Gasteiger partial charge in [0.2, 0.25) is 10.0 Å². The molecule has 0 aromatic heterocycles. The van der Waals surface area contributed by atoms with E-state index in [1.54, 1.807) is 18.4 Å². The second-order valence-electron chi connectivity index (χ2n) is 4.03. The molecule has 1 N–H and O–H groups in total. The summed E-state index contributed by atoms with van der Waals surface area (Å²) < 4.78 is 31.2. The standard InChI is InChI=1S/C12H17NO4S2/c1-9-4-6-11(7-5-9)19(15,16)13-10(2)12(14)17-8-18-3/h4-7,10,13H,8H2,1-3H3/t10-/m0/s1. The van der Waals surface area contributed by atoms with Crippen molar-refractivity contribution in [2.45, 2.75) is 24.8 Å². The van der Waals surface area contributed by atoms with Gasteiger partial charge in [-0.05, 0) is 32.2 Å². The molecule has 0 unspecified atom stereocenters. The largest absolute Gasteiger partial charge is 0.453 e. The predicted molar refractivity (Wildman–Crippen MR) is 75.4 cm³/mol. The van der Waals surface area contributed by atoms with Crippen molar-refractivity contribution in [3.05, 3.63) is 29.8 Å². The molecule has 0 spiro atoms. The van der Waals surface area contributed by atoms with Gasteiger partial charge in [-0.3, -0.25) is 4.79 Å². The first-order valence-corrected chi connectivity index (χ1v) is 8.49. The highest BCUT2D eigenvalue weighted by Crippen LogP contribution is 2.10. The molecule has 0 fully saturated rings. The Kier molecular flexibility index (Phi) is 5.84. The van der Waals surface area contributed by atoms with Crippen LogP contribution in [-0.4, -0.2) is 32.6 Å². The van der Waals surface area contributed by atoms with E-state index in [9.17, 15) is 13.2 Å². The Balaban J connectivity index is 2.74. The van der Waals surface area contributed by atoms with Crippen molar-refractivity contribution in [2.24, 2.45) is 0 Å². The number of hydrogen-bond donors (Lipinski definition) is 1. The number of benzene rings is 1. The molecule has 0 radical (unpaired) electrons. The Labute approximate surface area is 117 Å². The van der Waals surface area contributed by atoms with E-state index in [4.69, 9.17) is 4.74 Å². The molecule has 1 atom stereocenters. The summed E-state index contributed by atoms with van der Waals surface area (Å²) in [7, 11) is -3.70. The number of aryl methyl sites for hydroxylation is 1. The van der Waals surface area contributed by atoms with Crippen LogP contribution in [0, 0.1) is 6.92 Å². The molecule has 5 nitrogen and oxygen atoms in total. The summed E-state index contributed by atoms with van der Waals surface area (Å²) in [5.74, 6) is -0.389. The van der Waals surface area contributed by atoms with E-state index in [1.807, 2.05) is 6.92 Å². The lowest BCUT2D eigenvalue weighted by molar-refractivity contribution is -0.142. The van der Waals surface area contributed by atoms with Gasteiger partial charge in [-0.15, -0.1) is 11.8 Å². The lowest BCUT2D eigenvalue weighted by atomic mass is 10.2. The third-order valence-corrected chi connectivity index (χ3v) is 4.25. The van der Waals surface area contributed by atoms with Gasteiger partial charge in [-0.2, -0.15) is 4.72 Å². The maximum Gasteiger partial charge on any atom is 0.324 e. The van der Waals surface area contributed by atoms with E-state index >= 15 is 0 Å². The fourth-order valence-electron chi connectivity index (χ4n) is 1.31. The lowest BCUT2D eigenvalue weighted by Gasteiger charge is -2.13. The van der Waals surface area contributed by atoms with Crippen molar-refractivity contribution in [2.75, 3.05) is 12.2 Å². The van der Waals surface area contributed by atoms with Gasteiger partial charge < -0.3 is 4.74 Å². The molecule has 19 heavy (non-hydrogen) atoms. The van der Waals surface area contributed by atoms with Gasteiger partial charge in [0.25, 0.3) is 0 Å². The predicted octanol–water partition coefficient (Wildman–Crippen LogP) is 1.53. The van der Waals surface area contributed by atoms with Crippen LogP contribution >= 0.6 is 11.8 Å². The maximum absolute atomic E-state index is 12.0. The molecule has 0 aliphatic carbocycles. The van der Waals surface area contributed by atoms with E-state index in [0.29, 0.717) is 0 Å². The minimum Gasteiger partial charge on any atom is -0.453 e. The van der Waals surface area contributed by atoms with Crippen LogP contribution in [0.5, 0.6) is 0 Å². The highest BCUT2D eigenvalue weighted by atomic mass is 32.2. The fraction of sp³-hybridized carbons (Fsp3) is 0.417. The zero-order chi connectivity index (χ0) is 14.5. The summed E-state index contributed by atoms with van der Waals surface area (Å²) in [5, 5.41) is 0. The quantitative estimate of drug-likeness (QED) is 0.637. The second-order valence-corrected chi connectivity index (χ2v) is 6.55. The van der Waals surface area contributed by atoms with Crippen LogP contribution < -0.4 is 4.72 Å². The fourth-order valence-corrected chi connectivity index (χ4v) is 2.73. The highest BCUT2D eigenvalue weighted by molar-refractivity contribution is 7.98. The molecule has 106 valence electrons. The molecule has 0 aliphatic heterocycles. The van der Waals surface area contributed by atoms with Crippen LogP contribution in [-0.2, 0) is 19.6 Å². The van der Waals surface area contributed by atoms with E-state index < -0.39 is 22.0 Å². The molecule has 0 saturated heterocycles. The van der Waals surface area contributed by atoms with Crippen molar-refractivity contribution < 1.29 is 17.9 Å². The van der Waals surface area contributed by atoms with Crippen LogP contribution in [0.25, 0.3) is 0 Å². The van der Waals surface area contributed by atoms with Crippen molar-refractivity contribution in [3.8, 4) is 0 Å². The van der Waals surface area contributed by atoms with Gasteiger partial charge in [-0.25, -0.2) is 8.42 Å². The number of ether oxygens (including phenoxy) is 1. The van der Waals surface area contributed by atoms with Gasteiger partial charge >= 0.3 is 5.97 Å². The third-order valence-electron chi connectivity index (χ3n) is 2.34. The Hall–Kier alpha value is -1.05. The number of hydrogen-bond acceptors (Lipinski definition) is 5. The van der Waals surface area contributed by atoms with Crippen molar-refractivity contribution in [3.63, 3.8) is 0 Å². The topological polar surface area (TPSA) is 72.5 Å². The average Bonchev–Trinajstić information content (AvgIpc) is 2.35. The molecule has 0 bridgehead atoms. The van der Waals surface area contributed by atoms with Crippen LogP contribution in [0.2, 0.25) is 0 Å². The van der Waals surface area contributed by atoms with Crippen molar-refractivity contribution >= 4 is 27.8 Å². The normalized spacial score (nSPS) is 13.0. The van der Waals surface area contributed by atoms with Crippen LogP contribution in [0.4, 0.5) is 0 Å². The molecule has 7 heteroatoms. The summed E-state index contributed by atoms with van der Waals surface area (Å²) in [5.41, 5.74) is 0.964. The maximum atomic E-state index is 12.0. The first-order valence-electron chi connectivity index (χ1n) is 5.61. The molecule has 0 amide bonds. The first-order chi connectivity index (χ1) is 8.86. The smallest absolute Gasteiger partial charge is 0.324 e. The van der Waals surface area contributed by atoms with Gasteiger partial charge in [0.15, 0.2) is 0 Å². The van der Waals surface area contributed by atoms with Gasteiger partial charge in [-0.1, -0.05) is 17.7 Å². The first kappa shape index (κ1) is 16.0. The average molecular weight is 303 g/mol. The van der Waals surface area contributed by atoms with Crippen molar-refractivity contribution in [1.29, 1.82) is 0 Å². The summed E-state index contributed by atoms with van der Waals surface area (Å²) in [4.78, 5) is 11.6. The Morgan fingerprint density at radius 1 is 1.37 bits per heavy atom. The number of thioether (sulfide) groups is 1. The minimum absolute atomic E-state index is 0.127. The molecule has 0 heterocycles. The number of carbonyl (C=O) groups is 1. The number of rotatable bonds is 6. The Morgan fingerprint density at radius 3 is 2.47 bits per heavy atom. The molecule has 1 aromatic rings. The SMILES string of the molecule is CSCOC(=O)[C@H](C)NS(=O)(=O)c1ccc(C)cc1. The summed E-state index contributed by atoms with van der Waals surface area (Å²) in [6.07, 6.45) is 1.79. The molecule has 1 rings (SSSR count). The Morgan fingerprint density at radius 2 is 1.95 bits per heavy atom. The molecule has 1 aromatic carbocycles. The Bertz CT molecular complexity index is 525. The molecule has 0 aliphatic rings. The van der Waals surface area contributed by atoms with E-state index in [2.05, 4.69) is 4.72 Å². The second kappa shape index (κ2) is 6.93. The third kappa shape index (κ3) is 4.85. The summed E-state index contributed by atoms with van der Waals surface area (Å²) in [6.45, 7) is 3.32. The van der Waals surface area contributed by atoms with Crippen LogP contribution in [0.15, 0.2) is 29.2 Å². The molecular formula is C12H17NO4S2. The molecular weight excluding hydrogens is 286 g/mol. The van der Waals surface area contributed by atoms with E-state index in [1.165, 1.54) is 30.8 Å². The zero-order valence-electron chi connectivity index (χ0n) is 11.0. The number of esters is 1. The summed E-state index contributed by atoms with van der Waals surface area (Å²) in [6, 6.07) is 5.48. The van der Waals surface area contributed by atoms with Gasteiger partial charge in [0.05, 0.1) is 4.90 Å². The number of carbonyl (C=O) groups excluding carboxylic acids is 1. The van der Waals surface area contributed by atoms with E-state index in [0.717, 1.165) is 5.56 Å². The summed E-state index contributed by atoms with van der Waals surface area (Å²) >= 11 is 1.34. The number of nitrogens with one attached hydrogen (secondary N) is 1. The molecule has 0 saturated carbocycles. The van der Waals surface area contributed by atoms with Gasteiger partial charge in [0.1, 0.15) is 12.0 Å². The zero-order valence-corrected chi connectivity index (χ0v) is 12.7.